The number of rotatable bonds is 6. The summed E-state index contributed by atoms with van der Waals surface area (Å²) in [6.45, 7) is 6.94. The average molecular weight is 401 g/mol. The maximum absolute atomic E-state index is 12.8. The van der Waals surface area contributed by atoms with Crippen molar-refractivity contribution < 1.29 is 19.1 Å². The van der Waals surface area contributed by atoms with E-state index in [0.717, 1.165) is 6.42 Å². The van der Waals surface area contributed by atoms with Crippen LogP contribution in [0.4, 0.5) is 10.5 Å². The molecule has 9 nitrogen and oxygen atoms in total. The smallest absolute Gasteiger partial charge is 0.410 e. The van der Waals surface area contributed by atoms with Gasteiger partial charge in [0.05, 0.1) is 6.54 Å². The van der Waals surface area contributed by atoms with E-state index in [4.69, 9.17) is 9.47 Å². The number of ether oxygens (including phenoxy) is 2. The highest BCUT2D eigenvalue weighted by Gasteiger charge is 2.36. The van der Waals surface area contributed by atoms with Crippen molar-refractivity contribution in [2.24, 2.45) is 0 Å². The largest absolute Gasteiger partial charge is 0.492 e. The molecule has 2 aromatic rings. The van der Waals surface area contributed by atoms with Crippen LogP contribution in [0.2, 0.25) is 0 Å². The van der Waals surface area contributed by atoms with E-state index in [2.05, 4.69) is 15.4 Å². The molecule has 2 heterocycles. The topological polar surface area (TPSA) is 98.6 Å². The lowest BCUT2D eigenvalue weighted by atomic mass is 10.2. The van der Waals surface area contributed by atoms with Crippen LogP contribution in [0, 0.1) is 0 Å². The van der Waals surface area contributed by atoms with Crippen LogP contribution in [0.15, 0.2) is 36.9 Å². The number of nitrogens with zero attached hydrogens (tertiary/aromatic N) is 4. The second kappa shape index (κ2) is 8.93. The molecule has 0 radical (unpaired) electrons. The first-order chi connectivity index (χ1) is 13.8. The van der Waals surface area contributed by atoms with Gasteiger partial charge in [0, 0.05) is 18.3 Å². The van der Waals surface area contributed by atoms with Gasteiger partial charge in [-0.15, -0.1) is 0 Å². The van der Waals surface area contributed by atoms with Gasteiger partial charge in [0.25, 0.3) is 0 Å². The number of likely N-dealkylation sites (tertiary alicyclic amines) is 1. The van der Waals surface area contributed by atoms with Crippen molar-refractivity contribution in [2.75, 3.05) is 18.5 Å². The number of anilines is 1. The average Bonchev–Trinajstić information content (AvgIpc) is 3.32. The van der Waals surface area contributed by atoms with Crippen LogP contribution in [-0.2, 0) is 16.1 Å². The van der Waals surface area contributed by atoms with Gasteiger partial charge in [-0.2, -0.15) is 5.10 Å². The van der Waals surface area contributed by atoms with Crippen LogP contribution in [-0.4, -0.2) is 56.5 Å². The molecule has 1 atom stereocenters. The standard InChI is InChI=1S/C20H27N5O4/c1-20(2,3)29-19(27)25-9-5-8-17(25)18(26)23-15-6-4-7-16(12-15)28-11-10-24-14-21-13-22-24/h4,6-7,12-14,17H,5,8-11H2,1-3H3,(H,23,26)/t17-/m0/s1. The summed E-state index contributed by atoms with van der Waals surface area (Å²) < 4.78 is 12.8. The van der Waals surface area contributed by atoms with E-state index in [1.54, 1.807) is 29.2 Å². The highest BCUT2D eigenvalue weighted by Crippen LogP contribution is 2.23. The summed E-state index contributed by atoms with van der Waals surface area (Å²) in [5, 5.41) is 6.90. The summed E-state index contributed by atoms with van der Waals surface area (Å²) >= 11 is 0. The Hall–Kier alpha value is -3.10. The summed E-state index contributed by atoms with van der Waals surface area (Å²) in [6, 6.07) is 6.63. The van der Waals surface area contributed by atoms with E-state index in [0.29, 0.717) is 37.6 Å². The highest BCUT2D eigenvalue weighted by molar-refractivity contribution is 5.97. The zero-order valence-electron chi connectivity index (χ0n) is 17.0. The second-order valence-electron chi connectivity index (χ2n) is 7.86. The number of hydrogen-bond acceptors (Lipinski definition) is 6. The first kappa shape index (κ1) is 20.6. The lowest BCUT2D eigenvalue weighted by Crippen LogP contribution is -2.45. The molecule has 0 bridgehead atoms. The van der Waals surface area contributed by atoms with Gasteiger partial charge in [-0.25, -0.2) is 14.5 Å². The highest BCUT2D eigenvalue weighted by atomic mass is 16.6. The quantitative estimate of drug-likeness (QED) is 0.799. The number of hydrogen-bond donors (Lipinski definition) is 1. The van der Waals surface area contributed by atoms with Gasteiger partial charge >= 0.3 is 6.09 Å². The molecule has 1 saturated heterocycles. The Kier molecular flexibility index (Phi) is 6.36. The van der Waals surface area contributed by atoms with Gasteiger partial charge in [-0.05, 0) is 45.7 Å². The van der Waals surface area contributed by atoms with Crippen LogP contribution in [0.3, 0.4) is 0 Å². The van der Waals surface area contributed by atoms with E-state index in [1.165, 1.54) is 11.2 Å². The van der Waals surface area contributed by atoms with Crippen molar-refractivity contribution in [1.29, 1.82) is 0 Å². The fourth-order valence-electron chi connectivity index (χ4n) is 3.07. The maximum Gasteiger partial charge on any atom is 0.410 e. The van der Waals surface area contributed by atoms with Crippen molar-refractivity contribution in [3.8, 4) is 5.75 Å². The minimum Gasteiger partial charge on any atom is -0.492 e. The molecule has 1 fully saturated rings. The molecule has 1 aliphatic rings. The number of amides is 2. The van der Waals surface area contributed by atoms with Crippen LogP contribution < -0.4 is 10.1 Å². The molecule has 0 saturated carbocycles. The van der Waals surface area contributed by atoms with Crippen molar-refractivity contribution in [2.45, 2.75) is 51.8 Å². The van der Waals surface area contributed by atoms with Crippen molar-refractivity contribution in [3.63, 3.8) is 0 Å². The molecule has 0 aliphatic carbocycles. The van der Waals surface area contributed by atoms with E-state index < -0.39 is 17.7 Å². The lowest BCUT2D eigenvalue weighted by Gasteiger charge is -2.28. The first-order valence-electron chi connectivity index (χ1n) is 9.67. The summed E-state index contributed by atoms with van der Waals surface area (Å²) in [5.41, 5.74) is 0.0165. The van der Waals surface area contributed by atoms with Crippen molar-refractivity contribution >= 4 is 17.7 Å². The zero-order valence-corrected chi connectivity index (χ0v) is 17.0. The van der Waals surface area contributed by atoms with Crippen LogP contribution >= 0.6 is 0 Å². The Morgan fingerprint density at radius 1 is 1.31 bits per heavy atom. The van der Waals surface area contributed by atoms with Gasteiger partial charge in [0.2, 0.25) is 5.91 Å². The Bertz CT molecular complexity index is 832. The van der Waals surface area contributed by atoms with Crippen LogP contribution in [0.5, 0.6) is 5.75 Å². The molecule has 0 unspecified atom stereocenters. The molecule has 3 rings (SSSR count). The molecule has 1 aromatic carbocycles. The van der Waals surface area contributed by atoms with Gasteiger partial charge < -0.3 is 14.8 Å². The summed E-state index contributed by atoms with van der Waals surface area (Å²) in [4.78, 5) is 30.5. The maximum atomic E-state index is 12.8. The fourth-order valence-corrected chi connectivity index (χ4v) is 3.07. The molecule has 2 amide bonds. The van der Waals surface area contributed by atoms with Crippen LogP contribution in [0.25, 0.3) is 0 Å². The molecule has 1 N–H and O–H groups in total. The third-order valence-electron chi connectivity index (χ3n) is 4.34. The Balaban J connectivity index is 1.56. The molecule has 0 spiro atoms. The van der Waals surface area contributed by atoms with Crippen molar-refractivity contribution in [1.82, 2.24) is 19.7 Å². The molecular formula is C20H27N5O4. The molecule has 1 aliphatic heterocycles. The number of carbonyl (C=O) groups is 2. The molecule has 1 aromatic heterocycles. The third kappa shape index (κ3) is 5.94. The van der Waals surface area contributed by atoms with Crippen LogP contribution in [0.1, 0.15) is 33.6 Å². The number of benzene rings is 1. The predicted molar refractivity (Wildman–Crippen MR) is 107 cm³/mol. The SMILES string of the molecule is CC(C)(C)OC(=O)N1CCC[C@H]1C(=O)Nc1cccc(OCCn2cncn2)c1. The van der Waals surface area contributed by atoms with Gasteiger partial charge in [-0.1, -0.05) is 6.07 Å². The van der Waals surface area contributed by atoms with Gasteiger partial charge in [0.1, 0.15) is 36.7 Å². The molecule has 156 valence electrons. The summed E-state index contributed by atoms with van der Waals surface area (Å²) in [6.07, 6.45) is 4.01. The monoisotopic (exact) mass is 401 g/mol. The summed E-state index contributed by atoms with van der Waals surface area (Å²) in [5.74, 6) is 0.409. The molecule has 9 heteroatoms. The predicted octanol–water partition coefficient (Wildman–Crippen LogP) is 2.70. The first-order valence-corrected chi connectivity index (χ1v) is 9.67. The number of nitrogens with one attached hydrogen (secondary N) is 1. The third-order valence-corrected chi connectivity index (χ3v) is 4.34. The number of aromatic nitrogens is 3. The normalized spacial score (nSPS) is 16.5. The minimum absolute atomic E-state index is 0.229. The molecular weight excluding hydrogens is 374 g/mol. The van der Waals surface area contributed by atoms with Gasteiger partial charge in [0.15, 0.2) is 0 Å². The summed E-state index contributed by atoms with van der Waals surface area (Å²) in [7, 11) is 0. The minimum atomic E-state index is -0.599. The van der Waals surface area contributed by atoms with Gasteiger partial charge in [-0.3, -0.25) is 9.69 Å². The Morgan fingerprint density at radius 2 is 2.14 bits per heavy atom. The lowest BCUT2D eigenvalue weighted by molar-refractivity contribution is -0.120. The number of carbonyl (C=O) groups excluding carboxylic acids is 2. The van der Waals surface area contributed by atoms with Crippen molar-refractivity contribution in [3.05, 3.63) is 36.9 Å². The molecule has 29 heavy (non-hydrogen) atoms. The Morgan fingerprint density at radius 3 is 2.86 bits per heavy atom. The fraction of sp³-hybridized carbons (Fsp3) is 0.500. The Labute approximate surface area is 170 Å². The van der Waals surface area contributed by atoms with E-state index in [-0.39, 0.29) is 5.91 Å². The van der Waals surface area contributed by atoms with E-state index in [9.17, 15) is 9.59 Å². The van der Waals surface area contributed by atoms with E-state index >= 15 is 0 Å². The second-order valence-corrected chi connectivity index (χ2v) is 7.86. The van der Waals surface area contributed by atoms with E-state index in [1.807, 2.05) is 26.8 Å². The zero-order chi connectivity index (χ0) is 20.9.